The number of rotatable bonds is 5. The number of fused-ring (bicyclic) bond motifs is 1. The molecule has 4 heteroatoms. The van der Waals surface area contributed by atoms with Gasteiger partial charge >= 0.3 is 0 Å². The Kier molecular flexibility index (Phi) is 4.37. The number of hydrogen-bond acceptors (Lipinski definition) is 2. The highest BCUT2D eigenvalue weighted by Crippen LogP contribution is 2.25. The average molecular weight is 299 g/mol. The van der Waals surface area contributed by atoms with Gasteiger partial charge < -0.3 is 10.1 Å². The Bertz CT molecular complexity index is 685. The number of carbonyl (C=O) groups excluding carboxylic acids is 1. The number of ether oxygens (including phenoxy) is 1. The first-order valence-electron chi connectivity index (χ1n) is 7.51. The summed E-state index contributed by atoms with van der Waals surface area (Å²) < 4.78 is 18.6. The summed E-state index contributed by atoms with van der Waals surface area (Å²) >= 11 is 0. The SMILES string of the molecule is O=C(CCOc1ccccc1F)Nc1ccc2c(c1)CCC2. The zero-order valence-corrected chi connectivity index (χ0v) is 12.3. The number of nitrogens with one attached hydrogen (secondary N) is 1. The van der Waals surface area contributed by atoms with Crippen LogP contribution >= 0.6 is 0 Å². The Morgan fingerprint density at radius 2 is 1.95 bits per heavy atom. The number of aryl methyl sites for hydroxylation is 2. The number of hydrogen-bond donors (Lipinski definition) is 1. The van der Waals surface area contributed by atoms with Crippen LogP contribution in [-0.2, 0) is 17.6 Å². The molecule has 22 heavy (non-hydrogen) atoms. The summed E-state index contributed by atoms with van der Waals surface area (Å²) in [6.07, 6.45) is 3.57. The molecule has 0 saturated heterocycles. The summed E-state index contributed by atoms with van der Waals surface area (Å²) in [4.78, 5) is 11.9. The summed E-state index contributed by atoms with van der Waals surface area (Å²) in [6, 6.07) is 12.2. The van der Waals surface area contributed by atoms with Gasteiger partial charge in [0, 0.05) is 5.69 Å². The second-order valence-electron chi connectivity index (χ2n) is 5.41. The van der Waals surface area contributed by atoms with Crippen molar-refractivity contribution in [2.45, 2.75) is 25.7 Å². The molecule has 3 rings (SSSR count). The number of para-hydroxylation sites is 1. The van der Waals surface area contributed by atoms with Crippen LogP contribution in [-0.4, -0.2) is 12.5 Å². The third-order valence-corrected chi connectivity index (χ3v) is 3.81. The lowest BCUT2D eigenvalue weighted by molar-refractivity contribution is -0.116. The van der Waals surface area contributed by atoms with Crippen molar-refractivity contribution in [1.82, 2.24) is 0 Å². The van der Waals surface area contributed by atoms with Crippen LogP contribution in [0, 0.1) is 5.82 Å². The monoisotopic (exact) mass is 299 g/mol. The molecule has 0 atom stereocenters. The van der Waals surface area contributed by atoms with Crippen LogP contribution in [0.4, 0.5) is 10.1 Å². The van der Waals surface area contributed by atoms with E-state index in [4.69, 9.17) is 4.74 Å². The Hall–Kier alpha value is -2.36. The van der Waals surface area contributed by atoms with Crippen molar-refractivity contribution in [1.29, 1.82) is 0 Å². The molecule has 2 aromatic rings. The lowest BCUT2D eigenvalue weighted by Crippen LogP contribution is -2.15. The van der Waals surface area contributed by atoms with Gasteiger partial charge in [0.1, 0.15) is 0 Å². The molecule has 1 amide bonds. The lowest BCUT2D eigenvalue weighted by Gasteiger charge is -2.09. The van der Waals surface area contributed by atoms with Crippen LogP contribution in [0.25, 0.3) is 0 Å². The second kappa shape index (κ2) is 6.60. The normalized spacial score (nSPS) is 12.8. The highest BCUT2D eigenvalue weighted by atomic mass is 19.1. The molecule has 0 fully saturated rings. The maximum Gasteiger partial charge on any atom is 0.227 e. The van der Waals surface area contributed by atoms with Crippen molar-refractivity contribution in [2.24, 2.45) is 0 Å². The molecule has 0 heterocycles. The van der Waals surface area contributed by atoms with E-state index in [1.54, 1.807) is 18.2 Å². The average Bonchev–Trinajstić information content (AvgIpc) is 2.97. The fourth-order valence-corrected chi connectivity index (χ4v) is 2.69. The smallest absolute Gasteiger partial charge is 0.227 e. The molecule has 1 aliphatic carbocycles. The first kappa shape index (κ1) is 14.6. The summed E-state index contributed by atoms with van der Waals surface area (Å²) in [5.41, 5.74) is 3.51. The summed E-state index contributed by atoms with van der Waals surface area (Å²) in [7, 11) is 0. The Morgan fingerprint density at radius 3 is 2.82 bits per heavy atom. The zero-order chi connectivity index (χ0) is 15.4. The minimum absolute atomic E-state index is 0.130. The van der Waals surface area contributed by atoms with Gasteiger partial charge in [-0.05, 0) is 54.7 Å². The highest BCUT2D eigenvalue weighted by Gasteiger charge is 2.12. The molecule has 0 saturated carbocycles. The van der Waals surface area contributed by atoms with E-state index in [9.17, 15) is 9.18 Å². The van der Waals surface area contributed by atoms with E-state index >= 15 is 0 Å². The third kappa shape index (κ3) is 3.45. The van der Waals surface area contributed by atoms with Crippen molar-refractivity contribution in [2.75, 3.05) is 11.9 Å². The molecule has 0 aliphatic heterocycles. The zero-order valence-electron chi connectivity index (χ0n) is 12.3. The van der Waals surface area contributed by atoms with Gasteiger partial charge in [-0.1, -0.05) is 18.2 Å². The molecule has 0 bridgehead atoms. The fourth-order valence-electron chi connectivity index (χ4n) is 2.69. The maximum atomic E-state index is 13.4. The minimum atomic E-state index is -0.415. The van der Waals surface area contributed by atoms with Crippen LogP contribution in [0.3, 0.4) is 0 Å². The van der Waals surface area contributed by atoms with Crippen LogP contribution < -0.4 is 10.1 Å². The topological polar surface area (TPSA) is 38.3 Å². The summed E-state index contributed by atoms with van der Waals surface area (Å²) in [5, 5.41) is 2.86. The van der Waals surface area contributed by atoms with Crippen molar-refractivity contribution in [3.05, 3.63) is 59.4 Å². The number of benzene rings is 2. The quantitative estimate of drug-likeness (QED) is 0.913. The predicted octanol–water partition coefficient (Wildman–Crippen LogP) is 3.72. The predicted molar refractivity (Wildman–Crippen MR) is 83.6 cm³/mol. The van der Waals surface area contributed by atoms with E-state index < -0.39 is 5.82 Å². The Morgan fingerprint density at radius 1 is 1.14 bits per heavy atom. The molecule has 1 N–H and O–H groups in total. The van der Waals surface area contributed by atoms with Crippen molar-refractivity contribution in [3.8, 4) is 5.75 Å². The number of anilines is 1. The lowest BCUT2D eigenvalue weighted by atomic mass is 10.1. The fraction of sp³-hybridized carbons (Fsp3) is 0.278. The number of amides is 1. The molecule has 3 nitrogen and oxygen atoms in total. The van der Waals surface area contributed by atoms with Crippen molar-refractivity contribution in [3.63, 3.8) is 0 Å². The van der Waals surface area contributed by atoms with E-state index in [-0.39, 0.29) is 24.7 Å². The van der Waals surface area contributed by atoms with Crippen LogP contribution in [0.2, 0.25) is 0 Å². The maximum absolute atomic E-state index is 13.4. The van der Waals surface area contributed by atoms with Gasteiger partial charge in [0.05, 0.1) is 13.0 Å². The summed E-state index contributed by atoms with van der Waals surface area (Å²) in [5.74, 6) is -0.372. The first-order valence-corrected chi connectivity index (χ1v) is 7.51. The molecule has 2 aromatic carbocycles. The van der Waals surface area contributed by atoms with Gasteiger partial charge in [0.25, 0.3) is 0 Å². The molecule has 1 aliphatic rings. The molecule has 114 valence electrons. The number of halogens is 1. The van der Waals surface area contributed by atoms with Gasteiger partial charge in [-0.25, -0.2) is 4.39 Å². The Labute approximate surface area is 129 Å². The third-order valence-electron chi connectivity index (χ3n) is 3.81. The van der Waals surface area contributed by atoms with Gasteiger partial charge in [-0.3, -0.25) is 4.79 Å². The molecule has 0 unspecified atom stereocenters. The van der Waals surface area contributed by atoms with Crippen LogP contribution in [0.15, 0.2) is 42.5 Å². The van der Waals surface area contributed by atoms with E-state index in [1.165, 1.54) is 23.6 Å². The summed E-state index contributed by atoms with van der Waals surface area (Å²) in [6.45, 7) is 0.151. The first-order chi connectivity index (χ1) is 10.7. The molecule has 0 spiro atoms. The van der Waals surface area contributed by atoms with E-state index in [1.807, 2.05) is 12.1 Å². The number of carbonyl (C=O) groups is 1. The van der Waals surface area contributed by atoms with Gasteiger partial charge in [-0.2, -0.15) is 0 Å². The van der Waals surface area contributed by atoms with Gasteiger partial charge in [0.15, 0.2) is 11.6 Å². The minimum Gasteiger partial charge on any atom is -0.490 e. The van der Waals surface area contributed by atoms with Crippen LogP contribution in [0.1, 0.15) is 24.0 Å². The van der Waals surface area contributed by atoms with E-state index in [0.717, 1.165) is 18.5 Å². The van der Waals surface area contributed by atoms with Crippen LogP contribution in [0.5, 0.6) is 5.75 Å². The molecule has 0 radical (unpaired) electrons. The largest absolute Gasteiger partial charge is 0.490 e. The van der Waals surface area contributed by atoms with E-state index in [0.29, 0.717) is 0 Å². The second-order valence-corrected chi connectivity index (χ2v) is 5.41. The Balaban J connectivity index is 1.49. The molecular formula is C18H18FNO2. The molecule has 0 aromatic heterocycles. The molecular weight excluding hydrogens is 281 g/mol. The van der Waals surface area contributed by atoms with Gasteiger partial charge in [0.2, 0.25) is 5.91 Å². The standard InChI is InChI=1S/C18H18FNO2/c19-16-6-1-2-7-17(16)22-11-10-18(21)20-15-9-8-13-4-3-5-14(13)12-15/h1-2,6-9,12H,3-5,10-11H2,(H,20,21). The van der Waals surface area contributed by atoms with Crippen molar-refractivity contribution >= 4 is 11.6 Å². The van der Waals surface area contributed by atoms with Gasteiger partial charge in [-0.15, -0.1) is 0 Å². The highest BCUT2D eigenvalue weighted by molar-refractivity contribution is 5.90. The van der Waals surface area contributed by atoms with Crippen molar-refractivity contribution < 1.29 is 13.9 Å². The van der Waals surface area contributed by atoms with E-state index in [2.05, 4.69) is 11.4 Å².